The summed E-state index contributed by atoms with van der Waals surface area (Å²) < 4.78 is 18.7. The van der Waals surface area contributed by atoms with E-state index >= 15 is 0 Å². The van der Waals surface area contributed by atoms with Gasteiger partial charge in [0.1, 0.15) is 5.82 Å². The van der Waals surface area contributed by atoms with Crippen LogP contribution in [0.4, 0.5) is 4.39 Å². The molecule has 1 unspecified atom stereocenters. The van der Waals surface area contributed by atoms with E-state index < -0.39 is 0 Å². The van der Waals surface area contributed by atoms with Crippen molar-refractivity contribution in [2.45, 2.75) is 32.9 Å². The van der Waals surface area contributed by atoms with Crippen molar-refractivity contribution in [1.29, 1.82) is 0 Å². The van der Waals surface area contributed by atoms with Crippen molar-refractivity contribution >= 4 is 17.3 Å². The molecular formula is C19H26FN3OS. The number of aliphatic imine (C=N–C) groups is 1. The molecule has 4 nitrogen and oxygen atoms in total. The standard InChI is InChI=1S/C19H26FN3OS/c1-4-21-19(22-11-14(2)18-6-5-9-25-18)23-12-15-7-8-17(20)16(10-15)13-24-3/h5-10,14H,4,11-13H2,1-3H3,(H2,21,22,23). The molecule has 0 saturated carbocycles. The lowest BCUT2D eigenvalue weighted by Crippen LogP contribution is -2.39. The minimum absolute atomic E-state index is 0.246. The maximum Gasteiger partial charge on any atom is 0.191 e. The van der Waals surface area contributed by atoms with Crippen molar-refractivity contribution in [3.05, 3.63) is 57.5 Å². The van der Waals surface area contributed by atoms with Crippen LogP contribution in [0.5, 0.6) is 0 Å². The van der Waals surface area contributed by atoms with Gasteiger partial charge in [-0.3, -0.25) is 0 Å². The number of hydrogen-bond donors (Lipinski definition) is 2. The molecule has 2 rings (SSSR count). The van der Waals surface area contributed by atoms with E-state index in [1.807, 2.05) is 6.92 Å². The summed E-state index contributed by atoms with van der Waals surface area (Å²) in [6, 6.07) is 9.26. The van der Waals surface area contributed by atoms with Crippen LogP contribution >= 0.6 is 11.3 Å². The molecule has 136 valence electrons. The van der Waals surface area contributed by atoms with E-state index in [2.05, 4.69) is 40.1 Å². The highest BCUT2D eigenvalue weighted by molar-refractivity contribution is 7.10. The van der Waals surface area contributed by atoms with Crippen molar-refractivity contribution in [2.75, 3.05) is 20.2 Å². The topological polar surface area (TPSA) is 45.7 Å². The highest BCUT2D eigenvalue weighted by atomic mass is 32.1. The van der Waals surface area contributed by atoms with Crippen molar-refractivity contribution in [3.63, 3.8) is 0 Å². The van der Waals surface area contributed by atoms with Crippen LogP contribution in [0.1, 0.15) is 35.8 Å². The summed E-state index contributed by atoms with van der Waals surface area (Å²) in [5.41, 5.74) is 1.51. The summed E-state index contributed by atoms with van der Waals surface area (Å²) in [7, 11) is 1.56. The van der Waals surface area contributed by atoms with Gasteiger partial charge in [-0.15, -0.1) is 11.3 Å². The van der Waals surface area contributed by atoms with Crippen molar-refractivity contribution in [3.8, 4) is 0 Å². The SMILES string of the molecule is CCNC(=NCc1ccc(F)c(COC)c1)NCC(C)c1cccs1. The van der Waals surface area contributed by atoms with E-state index in [1.54, 1.807) is 30.6 Å². The van der Waals surface area contributed by atoms with Gasteiger partial charge in [0.25, 0.3) is 0 Å². The first-order valence-corrected chi connectivity index (χ1v) is 9.33. The number of hydrogen-bond acceptors (Lipinski definition) is 3. The van der Waals surface area contributed by atoms with E-state index in [0.29, 0.717) is 18.0 Å². The average molecular weight is 364 g/mol. The van der Waals surface area contributed by atoms with Gasteiger partial charge < -0.3 is 15.4 Å². The second-order valence-electron chi connectivity index (χ2n) is 5.85. The molecule has 0 saturated heterocycles. The van der Waals surface area contributed by atoms with Crippen LogP contribution in [0.25, 0.3) is 0 Å². The molecule has 2 aromatic rings. The Kier molecular flexibility index (Phi) is 7.88. The van der Waals surface area contributed by atoms with Crippen molar-refractivity contribution in [2.24, 2.45) is 4.99 Å². The second kappa shape index (κ2) is 10.2. The van der Waals surface area contributed by atoms with Gasteiger partial charge in [0.2, 0.25) is 0 Å². The van der Waals surface area contributed by atoms with Gasteiger partial charge in [-0.25, -0.2) is 9.38 Å². The first kappa shape index (κ1) is 19.4. The lowest BCUT2D eigenvalue weighted by Gasteiger charge is -2.15. The molecule has 1 aromatic heterocycles. The van der Waals surface area contributed by atoms with Crippen LogP contribution in [-0.4, -0.2) is 26.2 Å². The van der Waals surface area contributed by atoms with E-state index in [-0.39, 0.29) is 12.4 Å². The van der Waals surface area contributed by atoms with Gasteiger partial charge in [-0.2, -0.15) is 0 Å². The Labute approximate surface area is 153 Å². The molecule has 1 atom stereocenters. The quantitative estimate of drug-likeness (QED) is 0.552. The number of halogens is 1. The van der Waals surface area contributed by atoms with E-state index in [0.717, 1.165) is 24.6 Å². The number of ether oxygens (including phenoxy) is 1. The zero-order valence-corrected chi connectivity index (χ0v) is 15.8. The zero-order valence-electron chi connectivity index (χ0n) is 15.0. The predicted octanol–water partition coefficient (Wildman–Crippen LogP) is 3.89. The molecule has 25 heavy (non-hydrogen) atoms. The van der Waals surface area contributed by atoms with E-state index in [9.17, 15) is 4.39 Å². The highest BCUT2D eigenvalue weighted by Gasteiger charge is 2.08. The van der Waals surface area contributed by atoms with Gasteiger partial charge in [0.05, 0.1) is 13.2 Å². The largest absolute Gasteiger partial charge is 0.380 e. The lowest BCUT2D eigenvalue weighted by molar-refractivity contribution is 0.181. The van der Waals surface area contributed by atoms with Gasteiger partial charge >= 0.3 is 0 Å². The minimum Gasteiger partial charge on any atom is -0.380 e. The van der Waals surface area contributed by atoms with Crippen LogP contribution in [-0.2, 0) is 17.9 Å². The second-order valence-corrected chi connectivity index (χ2v) is 6.83. The monoisotopic (exact) mass is 363 g/mol. The molecule has 0 spiro atoms. The number of thiophene rings is 1. The number of nitrogens with one attached hydrogen (secondary N) is 2. The Morgan fingerprint density at radius 1 is 1.32 bits per heavy atom. The Morgan fingerprint density at radius 3 is 2.84 bits per heavy atom. The van der Waals surface area contributed by atoms with Crippen LogP contribution in [0.2, 0.25) is 0 Å². The summed E-state index contributed by atoms with van der Waals surface area (Å²) in [6.45, 7) is 6.58. The molecule has 0 bridgehead atoms. The van der Waals surface area contributed by atoms with Crippen LogP contribution in [0, 0.1) is 5.82 Å². The summed E-state index contributed by atoms with van der Waals surface area (Å²) in [5, 5.41) is 8.72. The third kappa shape index (κ3) is 6.14. The van der Waals surface area contributed by atoms with Crippen molar-refractivity contribution in [1.82, 2.24) is 10.6 Å². The number of guanidine groups is 1. The number of rotatable bonds is 8. The third-order valence-corrected chi connectivity index (χ3v) is 4.88. The van der Waals surface area contributed by atoms with Crippen LogP contribution in [0.15, 0.2) is 40.7 Å². The summed E-state index contributed by atoms with van der Waals surface area (Å²) in [6.07, 6.45) is 0. The smallest absolute Gasteiger partial charge is 0.191 e. The zero-order chi connectivity index (χ0) is 18.1. The van der Waals surface area contributed by atoms with Gasteiger partial charge in [-0.05, 0) is 36.1 Å². The maximum atomic E-state index is 13.7. The number of methoxy groups -OCH3 is 1. The van der Waals surface area contributed by atoms with Gasteiger partial charge in [0, 0.05) is 36.6 Å². The van der Waals surface area contributed by atoms with Crippen LogP contribution in [0.3, 0.4) is 0 Å². The van der Waals surface area contributed by atoms with Gasteiger partial charge in [0.15, 0.2) is 5.96 Å². The molecule has 1 heterocycles. The molecule has 0 radical (unpaired) electrons. The molecule has 0 aliphatic rings. The molecule has 0 aliphatic carbocycles. The Hall–Kier alpha value is -1.92. The highest BCUT2D eigenvalue weighted by Crippen LogP contribution is 2.19. The Balaban J connectivity index is 1.98. The third-order valence-electron chi connectivity index (χ3n) is 3.78. The number of nitrogens with zero attached hydrogens (tertiary/aromatic N) is 1. The fourth-order valence-electron chi connectivity index (χ4n) is 2.43. The Bertz CT molecular complexity index is 673. The van der Waals surface area contributed by atoms with Crippen molar-refractivity contribution < 1.29 is 9.13 Å². The molecule has 2 N–H and O–H groups in total. The fourth-order valence-corrected chi connectivity index (χ4v) is 3.21. The lowest BCUT2D eigenvalue weighted by atomic mass is 10.1. The molecule has 0 aliphatic heterocycles. The molecule has 0 amide bonds. The normalized spacial score (nSPS) is 12.9. The van der Waals surface area contributed by atoms with E-state index in [1.165, 1.54) is 10.9 Å². The average Bonchev–Trinajstić information content (AvgIpc) is 3.14. The Morgan fingerprint density at radius 2 is 2.16 bits per heavy atom. The first-order chi connectivity index (χ1) is 12.1. The van der Waals surface area contributed by atoms with Crippen LogP contribution < -0.4 is 10.6 Å². The summed E-state index contributed by atoms with van der Waals surface area (Å²) >= 11 is 1.77. The molecule has 6 heteroatoms. The maximum absolute atomic E-state index is 13.7. The summed E-state index contributed by atoms with van der Waals surface area (Å²) in [5.74, 6) is 0.941. The molecule has 0 fully saturated rings. The first-order valence-electron chi connectivity index (χ1n) is 8.45. The van der Waals surface area contributed by atoms with E-state index in [4.69, 9.17) is 4.74 Å². The fraction of sp³-hybridized carbons (Fsp3) is 0.421. The number of benzene rings is 1. The molecule has 1 aromatic carbocycles. The van der Waals surface area contributed by atoms with Gasteiger partial charge in [-0.1, -0.05) is 19.1 Å². The summed E-state index contributed by atoms with van der Waals surface area (Å²) in [4.78, 5) is 5.96. The predicted molar refractivity (Wildman–Crippen MR) is 103 cm³/mol. The molecular weight excluding hydrogens is 337 g/mol. The minimum atomic E-state index is -0.246.